The normalized spacial score (nSPS) is 12.9. The molecule has 1 atom stereocenters. The molecule has 0 bridgehead atoms. The zero-order valence-electron chi connectivity index (χ0n) is 14.1. The first kappa shape index (κ1) is 16.9. The van der Waals surface area contributed by atoms with Crippen LogP contribution >= 0.6 is 11.6 Å². The first-order chi connectivity index (χ1) is 11.6. The van der Waals surface area contributed by atoms with Crippen LogP contribution in [0.15, 0.2) is 42.6 Å². The van der Waals surface area contributed by atoms with Gasteiger partial charge in [0.1, 0.15) is 0 Å². The second-order valence-electron chi connectivity index (χ2n) is 5.85. The maximum Gasteiger partial charge on any atom is 0.0858 e. The fraction of sp³-hybridized carbons (Fsp3) is 0.333. The Balaban J connectivity index is 1.92. The van der Waals surface area contributed by atoms with Gasteiger partial charge < -0.3 is 4.74 Å². The molecule has 0 saturated carbocycles. The van der Waals surface area contributed by atoms with Gasteiger partial charge in [-0.2, -0.15) is 5.10 Å². The number of fused-ring (bicyclic) bond motifs is 1. The van der Waals surface area contributed by atoms with Crippen LogP contribution < -0.4 is 0 Å². The number of aromatic nitrogens is 3. The minimum absolute atomic E-state index is 0.0516. The molecule has 0 radical (unpaired) electrons. The summed E-state index contributed by atoms with van der Waals surface area (Å²) in [7, 11) is 5.69. The summed E-state index contributed by atoms with van der Waals surface area (Å²) in [5.74, 6) is 0. The van der Waals surface area contributed by atoms with Gasteiger partial charge in [0.05, 0.1) is 34.6 Å². The summed E-state index contributed by atoms with van der Waals surface area (Å²) in [4.78, 5) is 6.66. The van der Waals surface area contributed by atoms with E-state index in [9.17, 15) is 0 Å². The number of aryl methyl sites for hydroxylation is 1. The van der Waals surface area contributed by atoms with Crippen LogP contribution in [0.25, 0.3) is 10.9 Å². The maximum absolute atomic E-state index is 6.41. The molecule has 0 N–H and O–H groups in total. The lowest BCUT2D eigenvalue weighted by molar-refractivity contribution is 0.0994. The van der Waals surface area contributed by atoms with Gasteiger partial charge in [0.15, 0.2) is 0 Å². The molecular weight excluding hydrogens is 324 g/mol. The predicted octanol–water partition coefficient (Wildman–Crippen LogP) is 3.44. The van der Waals surface area contributed by atoms with Gasteiger partial charge in [-0.3, -0.25) is 14.6 Å². The molecule has 0 aliphatic heterocycles. The number of pyridine rings is 1. The average molecular weight is 345 g/mol. The second-order valence-corrected chi connectivity index (χ2v) is 6.25. The van der Waals surface area contributed by atoms with E-state index in [0.717, 1.165) is 27.3 Å². The number of nitrogens with zero attached hydrogens (tertiary/aromatic N) is 4. The molecule has 0 aliphatic rings. The van der Waals surface area contributed by atoms with Crippen molar-refractivity contribution in [2.75, 3.05) is 20.8 Å². The van der Waals surface area contributed by atoms with E-state index < -0.39 is 0 Å². The quantitative estimate of drug-likeness (QED) is 0.687. The summed E-state index contributed by atoms with van der Waals surface area (Å²) in [6, 6.07) is 11.9. The van der Waals surface area contributed by atoms with Crippen LogP contribution in [-0.2, 0) is 18.3 Å². The van der Waals surface area contributed by atoms with Gasteiger partial charge in [-0.25, -0.2) is 0 Å². The topological polar surface area (TPSA) is 43.2 Å². The molecule has 3 rings (SSSR count). The fourth-order valence-electron chi connectivity index (χ4n) is 2.98. The summed E-state index contributed by atoms with van der Waals surface area (Å²) >= 11 is 6.41. The van der Waals surface area contributed by atoms with Crippen molar-refractivity contribution in [3.05, 3.63) is 59.0 Å². The van der Waals surface area contributed by atoms with Crippen molar-refractivity contribution in [1.82, 2.24) is 19.7 Å². The number of ether oxygens (including phenoxy) is 1. The third kappa shape index (κ3) is 3.29. The molecular formula is C18H21ClN4O. The van der Waals surface area contributed by atoms with E-state index in [2.05, 4.69) is 22.0 Å². The Hall–Kier alpha value is -1.95. The summed E-state index contributed by atoms with van der Waals surface area (Å²) in [6.45, 7) is 1.22. The Kier molecular flexibility index (Phi) is 5.14. The van der Waals surface area contributed by atoms with E-state index in [-0.39, 0.29) is 6.04 Å². The molecule has 1 aromatic carbocycles. The fourth-order valence-corrected chi connectivity index (χ4v) is 3.26. The van der Waals surface area contributed by atoms with Gasteiger partial charge in [0.2, 0.25) is 0 Å². The highest BCUT2D eigenvalue weighted by Gasteiger charge is 2.21. The van der Waals surface area contributed by atoms with E-state index in [1.165, 1.54) is 0 Å². The van der Waals surface area contributed by atoms with Crippen molar-refractivity contribution >= 4 is 22.5 Å². The number of hydrogen-bond acceptors (Lipinski definition) is 4. The van der Waals surface area contributed by atoms with Crippen LogP contribution in [0.1, 0.15) is 17.4 Å². The predicted molar refractivity (Wildman–Crippen MR) is 96.0 cm³/mol. The molecule has 0 fully saturated rings. The smallest absolute Gasteiger partial charge is 0.0858 e. The zero-order chi connectivity index (χ0) is 17.1. The molecule has 126 valence electrons. The lowest BCUT2D eigenvalue weighted by atomic mass is 10.1. The van der Waals surface area contributed by atoms with E-state index in [0.29, 0.717) is 13.2 Å². The summed E-state index contributed by atoms with van der Waals surface area (Å²) in [5.41, 5.74) is 2.97. The molecule has 0 amide bonds. The molecule has 2 heterocycles. The molecule has 0 saturated heterocycles. The number of hydrogen-bond donors (Lipinski definition) is 0. The molecule has 0 spiro atoms. The van der Waals surface area contributed by atoms with Gasteiger partial charge in [-0.15, -0.1) is 0 Å². The van der Waals surface area contributed by atoms with Crippen LogP contribution in [-0.4, -0.2) is 40.4 Å². The second kappa shape index (κ2) is 7.30. The number of likely N-dealkylation sites (N-methyl/N-ethyl adjacent to an activating group) is 1. The minimum atomic E-state index is 0.0516. The molecule has 0 unspecified atom stereocenters. The highest BCUT2D eigenvalue weighted by Crippen LogP contribution is 2.28. The molecule has 24 heavy (non-hydrogen) atoms. The van der Waals surface area contributed by atoms with Crippen LogP contribution in [0.5, 0.6) is 0 Å². The maximum atomic E-state index is 6.41. The van der Waals surface area contributed by atoms with E-state index in [1.54, 1.807) is 13.3 Å². The van der Waals surface area contributed by atoms with Crippen LogP contribution in [0.3, 0.4) is 0 Å². The van der Waals surface area contributed by atoms with Crippen molar-refractivity contribution in [2.45, 2.75) is 12.6 Å². The average Bonchev–Trinajstić information content (AvgIpc) is 2.90. The van der Waals surface area contributed by atoms with E-state index in [4.69, 9.17) is 16.3 Å². The third-order valence-corrected chi connectivity index (χ3v) is 4.50. The van der Waals surface area contributed by atoms with Crippen molar-refractivity contribution in [1.29, 1.82) is 0 Å². The van der Waals surface area contributed by atoms with Crippen molar-refractivity contribution < 1.29 is 4.74 Å². The Morgan fingerprint density at radius 3 is 2.79 bits per heavy atom. The summed E-state index contributed by atoms with van der Waals surface area (Å²) < 4.78 is 7.27. The Morgan fingerprint density at radius 1 is 1.25 bits per heavy atom. The Morgan fingerprint density at radius 2 is 2.08 bits per heavy atom. The minimum Gasteiger partial charge on any atom is -0.383 e. The Bertz CT molecular complexity index is 819. The molecule has 6 heteroatoms. The summed E-state index contributed by atoms with van der Waals surface area (Å²) in [6.07, 6.45) is 1.80. The standard InChI is InChI=1S/C18H21ClN4O/c1-22(17(12-24-3)14-8-4-5-10-20-14)11-15-18-13(19)7-6-9-16(18)23(2)21-15/h4-10,17H,11-12H2,1-3H3/t17-/m1/s1. The monoisotopic (exact) mass is 344 g/mol. The highest BCUT2D eigenvalue weighted by atomic mass is 35.5. The first-order valence-electron chi connectivity index (χ1n) is 7.82. The number of methoxy groups -OCH3 is 1. The molecule has 5 nitrogen and oxygen atoms in total. The number of benzene rings is 1. The Labute approximate surface area is 146 Å². The van der Waals surface area contributed by atoms with Crippen LogP contribution in [0, 0.1) is 0 Å². The van der Waals surface area contributed by atoms with Crippen molar-refractivity contribution in [2.24, 2.45) is 7.05 Å². The molecule has 0 aliphatic carbocycles. The van der Waals surface area contributed by atoms with Gasteiger partial charge in [-0.05, 0) is 31.3 Å². The lowest BCUT2D eigenvalue weighted by Crippen LogP contribution is -2.28. The summed E-state index contributed by atoms with van der Waals surface area (Å²) in [5, 5.41) is 6.39. The molecule has 3 aromatic rings. The van der Waals surface area contributed by atoms with E-state index >= 15 is 0 Å². The van der Waals surface area contributed by atoms with Crippen LogP contribution in [0.2, 0.25) is 5.02 Å². The number of halogens is 1. The van der Waals surface area contributed by atoms with Crippen LogP contribution in [0.4, 0.5) is 0 Å². The SMILES string of the molecule is COC[C@H](c1ccccn1)N(C)Cc1nn(C)c2cccc(Cl)c12. The van der Waals surface area contributed by atoms with E-state index in [1.807, 2.05) is 48.1 Å². The largest absolute Gasteiger partial charge is 0.383 e. The third-order valence-electron chi connectivity index (χ3n) is 4.18. The lowest BCUT2D eigenvalue weighted by Gasteiger charge is -2.26. The highest BCUT2D eigenvalue weighted by molar-refractivity contribution is 6.35. The van der Waals surface area contributed by atoms with Gasteiger partial charge in [-0.1, -0.05) is 23.7 Å². The van der Waals surface area contributed by atoms with Gasteiger partial charge in [0.25, 0.3) is 0 Å². The zero-order valence-corrected chi connectivity index (χ0v) is 14.9. The van der Waals surface area contributed by atoms with Crippen molar-refractivity contribution in [3.63, 3.8) is 0 Å². The molecule has 2 aromatic heterocycles. The van der Waals surface area contributed by atoms with Gasteiger partial charge in [0, 0.05) is 32.3 Å². The van der Waals surface area contributed by atoms with Crippen molar-refractivity contribution in [3.8, 4) is 0 Å². The number of rotatable bonds is 6. The van der Waals surface area contributed by atoms with Gasteiger partial charge >= 0.3 is 0 Å². The first-order valence-corrected chi connectivity index (χ1v) is 8.19.